The van der Waals surface area contributed by atoms with Crippen molar-refractivity contribution in [2.75, 3.05) is 28.6 Å². The summed E-state index contributed by atoms with van der Waals surface area (Å²) in [5, 5.41) is 7.91. The number of hydrogen-bond donors (Lipinski definition) is 3. The number of anilines is 3. The summed E-state index contributed by atoms with van der Waals surface area (Å²) in [6.07, 6.45) is 2.94. The lowest BCUT2D eigenvalue weighted by Gasteiger charge is -2.23. The van der Waals surface area contributed by atoms with E-state index in [9.17, 15) is 18.4 Å². The molecule has 1 unspecified atom stereocenters. The van der Waals surface area contributed by atoms with Crippen LogP contribution in [-0.4, -0.2) is 31.1 Å². The van der Waals surface area contributed by atoms with Crippen LogP contribution < -0.4 is 20.9 Å². The van der Waals surface area contributed by atoms with Gasteiger partial charge in [0.2, 0.25) is 0 Å². The number of carbonyl (C=O) groups excluding carboxylic acids is 2. The zero-order chi connectivity index (χ0) is 21.7. The first-order valence-corrected chi connectivity index (χ1v) is 10.1. The number of benzene rings is 2. The highest BCUT2D eigenvalue weighted by Gasteiger charge is 2.21. The Labute approximate surface area is 174 Å². The van der Waals surface area contributed by atoms with Gasteiger partial charge in [-0.1, -0.05) is 6.92 Å². The molecule has 3 amide bonds. The second-order valence-electron chi connectivity index (χ2n) is 7.41. The maximum Gasteiger partial charge on any atom is 0.323 e. The molecule has 2 aromatic carbocycles. The van der Waals surface area contributed by atoms with Crippen LogP contribution in [0.4, 0.5) is 30.6 Å². The zero-order valence-corrected chi connectivity index (χ0v) is 17.1. The zero-order valence-electron chi connectivity index (χ0n) is 17.1. The average molecular weight is 416 g/mol. The summed E-state index contributed by atoms with van der Waals surface area (Å²) in [5.41, 5.74) is 1.55. The standard InChI is InChI=1S/C22H26F2N4O2/c1-3-14(2)25-21(29)17-13-16(7-9-20(17)28-10-4-5-11-28)26-22(30)27-19-8-6-15(23)12-18(19)24/h6-9,12-14H,3-5,10-11H2,1-2H3,(H,25,29)(H2,26,27,30). The Kier molecular flexibility index (Phi) is 6.87. The van der Waals surface area contributed by atoms with Crippen molar-refractivity contribution in [1.82, 2.24) is 5.32 Å². The Morgan fingerprint density at radius 3 is 2.47 bits per heavy atom. The fourth-order valence-corrected chi connectivity index (χ4v) is 3.31. The summed E-state index contributed by atoms with van der Waals surface area (Å²) in [5.74, 6) is -1.81. The molecule has 0 aliphatic carbocycles. The van der Waals surface area contributed by atoms with Gasteiger partial charge in [0.05, 0.1) is 11.3 Å². The molecule has 0 radical (unpaired) electrons. The van der Waals surface area contributed by atoms with Gasteiger partial charge in [-0.05, 0) is 56.5 Å². The van der Waals surface area contributed by atoms with Gasteiger partial charge < -0.3 is 20.9 Å². The summed E-state index contributed by atoms with van der Waals surface area (Å²) in [6.45, 7) is 5.67. The number of halogens is 2. The maximum absolute atomic E-state index is 13.8. The van der Waals surface area contributed by atoms with Gasteiger partial charge in [-0.3, -0.25) is 4.79 Å². The molecule has 0 aromatic heterocycles. The van der Waals surface area contributed by atoms with E-state index in [0.717, 1.165) is 50.2 Å². The normalized spacial score (nSPS) is 14.3. The third-order valence-corrected chi connectivity index (χ3v) is 5.11. The van der Waals surface area contributed by atoms with Gasteiger partial charge >= 0.3 is 6.03 Å². The first-order chi connectivity index (χ1) is 14.4. The van der Waals surface area contributed by atoms with Crippen LogP contribution in [0.1, 0.15) is 43.5 Å². The lowest BCUT2D eigenvalue weighted by atomic mass is 10.1. The smallest absolute Gasteiger partial charge is 0.323 e. The molecule has 3 N–H and O–H groups in total. The largest absolute Gasteiger partial charge is 0.371 e. The molecule has 0 bridgehead atoms. The van der Waals surface area contributed by atoms with Crippen LogP contribution in [0.15, 0.2) is 36.4 Å². The maximum atomic E-state index is 13.8. The lowest BCUT2D eigenvalue weighted by Crippen LogP contribution is -2.33. The van der Waals surface area contributed by atoms with E-state index < -0.39 is 17.7 Å². The number of hydrogen-bond acceptors (Lipinski definition) is 3. The van der Waals surface area contributed by atoms with Crippen molar-refractivity contribution in [1.29, 1.82) is 0 Å². The Hall–Kier alpha value is -3.16. The molecule has 160 valence electrons. The summed E-state index contributed by atoms with van der Waals surface area (Å²) < 4.78 is 26.8. The number of amides is 3. The van der Waals surface area contributed by atoms with Gasteiger partial charge in [0.25, 0.3) is 5.91 Å². The van der Waals surface area contributed by atoms with E-state index in [0.29, 0.717) is 17.3 Å². The minimum atomic E-state index is -0.872. The average Bonchev–Trinajstić information content (AvgIpc) is 3.24. The first kappa shape index (κ1) is 21.5. The molecular weight excluding hydrogens is 390 g/mol. The number of nitrogens with zero attached hydrogens (tertiary/aromatic N) is 1. The topological polar surface area (TPSA) is 73.5 Å². The van der Waals surface area contributed by atoms with Crippen LogP contribution in [0.2, 0.25) is 0 Å². The molecule has 30 heavy (non-hydrogen) atoms. The molecule has 3 rings (SSSR count). The third-order valence-electron chi connectivity index (χ3n) is 5.11. The van der Waals surface area contributed by atoms with Gasteiger partial charge in [-0.25, -0.2) is 13.6 Å². The first-order valence-electron chi connectivity index (χ1n) is 10.1. The molecular formula is C22H26F2N4O2. The molecule has 1 fully saturated rings. The molecule has 1 saturated heterocycles. The van der Waals surface area contributed by atoms with E-state index in [4.69, 9.17) is 0 Å². The molecule has 1 heterocycles. The van der Waals surface area contributed by atoms with Crippen LogP contribution in [-0.2, 0) is 0 Å². The Balaban J connectivity index is 1.79. The van der Waals surface area contributed by atoms with Crippen molar-refractivity contribution in [2.24, 2.45) is 0 Å². The summed E-state index contributed by atoms with van der Waals surface area (Å²) >= 11 is 0. The van der Waals surface area contributed by atoms with E-state index in [1.165, 1.54) is 0 Å². The van der Waals surface area contributed by atoms with Crippen LogP contribution in [0.5, 0.6) is 0 Å². The monoisotopic (exact) mass is 416 g/mol. The van der Waals surface area contributed by atoms with Crippen molar-refractivity contribution < 1.29 is 18.4 Å². The lowest BCUT2D eigenvalue weighted by molar-refractivity contribution is 0.0939. The van der Waals surface area contributed by atoms with Gasteiger partial charge in [0.1, 0.15) is 11.6 Å². The Bertz CT molecular complexity index is 929. The molecule has 1 aliphatic heterocycles. The quantitative estimate of drug-likeness (QED) is 0.637. The van der Waals surface area contributed by atoms with Crippen molar-refractivity contribution in [3.8, 4) is 0 Å². The highest BCUT2D eigenvalue weighted by atomic mass is 19.1. The summed E-state index contributed by atoms with van der Waals surface area (Å²) in [6, 6.07) is 7.35. The van der Waals surface area contributed by atoms with Gasteiger partial charge in [-0.15, -0.1) is 0 Å². The SMILES string of the molecule is CCC(C)NC(=O)c1cc(NC(=O)Nc2ccc(F)cc2F)ccc1N1CCCC1. The second kappa shape index (κ2) is 9.56. The fourth-order valence-electron chi connectivity index (χ4n) is 3.31. The van der Waals surface area contributed by atoms with Gasteiger partial charge in [0.15, 0.2) is 0 Å². The summed E-state index contributed by atoms with van der Waals surface area (Å²) in [7, 11) is 0. The summed E-state index contributed by atoms with van der Waals surface area (Å²) in [4.78, 5) is 27.3. The molecule has 0 spiro atoms. The number of rotatable bonds is 6. The number of nitrogens with one attached hydrogen (secondary N) is 3. The Morgan fingerprint density at radius 1 is 1.07 bits per heavy atom. The highest BCUT2D eigenvalue weighted by Crippen LogP contribution is 2.28. The van der Waals surface area contributed by atoms with E-state index >= 15 is 0 Å². The van der Waals surface area contributed by atoms with Crippen molar-refractivity contribution >= 4 is 29.0 Å². The van der Waals surface area contributed by atoms with Crippen LogP contribution in [0, 0.1) is 11.6 Å². The molecule has 1 atom stereocenters. The Morgan fingerprint density at radius 2 is 1.80 bits per heavy atom. The minimum Gasteiger partial charge on any atom is -0.371 e. The molecule has 0 saturated carbocycles. The molecule has 1 aliphatic rings. The molecule has 6 nitrogen and oxygen atoms in total. The van der Waals surface area contributed by atoms with E-state index in [2.05, 4.69) is 20.9 Å². The fraction of sp³-hybridized carbons (Fsp3) is 0.364. The van der Waals surface area contributed by atoms with Crippen molar-refractivity contribution in [3.05, 3.63) is 53.6 Å². The van der Waals surface area contributed by atoms with Crippen LogP contribution >= 0.6 is 0 Å². The van der Waals surface area contributed by atoms with E-state index in [1.807, 2.05) is 19.9 Å². The number of carbonyl (C=O) groups is 2. The third kappa shape index (κ3) is 5.25. The van der Waals surface area contributed by atoms with Gasteiger partial charge in [-0.2, -0.15) is 0 Å². The predicted octanol–water partition coefficient (Wildman–Crippen LogP) is 4.74. The van der Waals surface area contributed by atoms with Crippen molar-refractivity contribution in [2.45, 2.75) is 39.2 Å². The number of urea groups is 1. The van der Waals surface area contributed by atoms with Gasteiger partial charge in [0, 0.05) is 36.6 Å². The van der Waals surface area contributed by atoms with E-state index in [1.54, 1.807) is 12.1 Å². The second-order valence-corrected chi connectivity index (χ2v) is 7.41. The van der Waals surface area contributed by atoms with Crippen LogP contribution in [0.25, 0.3) is 0 Å². The minimum absolute atomic E-state index is 0.0188. The van der Waals surface area contributed by atoms with E-state index in [-0.39, 0.29) is 17.6 Å². The molecule has 2 aromatic rings. The van der Waals surface area contributed by atoms with Crippen molar-refractivity contribution in [3.63, 3.8) is 0 Å². The van der Waals surface area contributed by atoms with Crippen LogP contribution in [0.3, 0.4) is 0 Å². The highest BCUT2D eigenvalue weighted by molar-refractivity contribution is 6.04. The molecule has 8 heteroatoms. The predicted molar refractivity (Wildman–Crippen MR) is 114 cm³/mol.